The van der Waals surface area contributed by atoms with Gasteiger partial charge in [0, 0.05) is 10.9 Å². The van der Waals surface area contributed by atoms with Gasteiger partial charge in [0.05, 0.1) is 17.2 Å². The van der Waals surface area contributed by atoms with E-state index in [2.05, 4.69) is 25.5 Å². The maximum Gasteiger partial charge on any atom is 0.260 e. The van der Waals surface area contributed by atoms with Crippen molar-refractivity contribution >= 4 is 33.3 Å². The highest BCUT2D eigenvalue weighted by atomic mass is 32.2. The molecule has 3 heterocycles. The zero-order valence-corrected chi connectivity index (χ0v) is 15.6. The van der Waals surface area contributed by atoms with E-state index in [9.17, 15) is 9.18 Å². The molecule has 0 aliphatic heterocycles. The van der Waals surface area contributed by atoms with Crippen molar-refractivity contribution < 1.29 is 4.39 Å². The van der Waals surface area contributed by atoms with Crippen LogP contribution < -0.4 is 5.56 Å². The van der Waals surface area contributed by atoms with Crippen LogP contribution in [0.3, 0.4) is 0 Å². The molecule has 0 saturated heterocycles. The maximum atomic E-state index is 13.2. The molecule has 0 unspecified atom stereocenters. The summed E-state index contributed by atoms with van der Waals surface area (Å²) in [4.78, 5) is 20.7. The number of aromatic amines is 1. The Hall–Kier alpha value is -2.59. The van der Waals surface area contributed by atoms with Gasteiger partial charge in [-0.05, 0) is 41.0 Å². The van der Waals surface area contributed by atoms with Crippen LogP contribution in [0.1, 0.15) is 24.7 Å². The molecule has 3 aromatic heterocycles. The van der Waals surface area contributed by atoms with Crippen LogP contribution in [0.4, 0.5) is 4.39 Å². The van der Waals surface area contributed by atoms with E-state index in [0.717, 1.165) is 29.1 Å². The smallest absolute Gasteiger partial charge is 0.260 e. The van der Waals surface area contributed by atoms with Crippen LogP contribution in [-0.2, 0) is 5.75 Å². The summed E-state index contributed by atoms with van der Waals surface area (Å²) in [5, 5.41) is 14.9. The molecule has 136 valence electrons. The number of tetrazole rings is 1. The van der Waals surface area contributed by atoms with Gasteiger partial charge in [-0.25, -0.2) is 14.1 Å². The van der Waals surface area contributed by atoms with Crippen LogP contribution >= 0.6 is 23.1 Å². The number of fused-ring (bicyclic) bond motifs is 1. The molecule has 4 aromatic rings. The van der Waals surface area contributed by atoms with Crippen molar-refractivity contribution in [2.24, 2.45) is 0 Å². The molecule has 1 fully saturated rings. The predicted octanol–water partition coefficient (Wildman–Crippen LogP) is 3.40. The lowest BCUT2D eigenvalue weighted by Gasteiger charge is -2.03. The lowest BCUT2D eigenvalue weighted by Crippen LogP contribution is -2.11. The van der Waals surface area contributed by atoms with E-state index in [1.807, 2.05) is 10.1 Å². The molecule has 1 aliphatic carbocycles. The number of hydrogen-bond acceptors (Lipinski definition) is 7. The van der Waals surface area contributed by atoms with Gasteiger partial charge in [-0.1, -0.05) is 23.9 Å². The zero-order chi connectivity index (χ0) is 18.4. The highest BCUT2D eigenvalue weighted by molar-refractivity contribution is 7.98. The van der Waals surface area contributed by atoms with Gasteiger partial charge in [-0.15, -0.1) is 16.4 Å². The third-order valence-electron chi connectivity index (χ3n) is 4.34. The predicted molar refractivity (Wildman–Crippen MR) is 101 cm³/mol. The average Bonchev–Trinajstić information content (AvgIpc) is 3.24. The van der Waals surface area contributed by atoms with Gasteiger partial charge in [-0.2, -0.15) is 0 Å². The van der Waals surface area contributed by atoms with E-state index in [-0.39, 0.29) is 11.4 Å². The Balaban J connectivity index is 1.44. The number of benzene rings is 1. The lowest BCUT2D eigenvalue weighted by atomic mass is 10.1. The number of rotatable bonds is 5. The molecule has 10 heteroatoms. The Bertz CT molecular complexity index is 1180. The quantitative estimate of drug-likeness (QED) is 0.517. The van der Waals surface area contributed by atoms with Crippen LogP contribution in [0, 0.1) is 5.82 Å². The monoisotopic (exact) mass is 400 g/mol. The van der Waals surface area contributed by atoms with E-state index < -0.39 is 0 Å². The summed E-state index contributed by atoms with van der Waals surface area (Å²) in [5.74, 6) is 0.746. The molecule has 7 nitrogen and oxygen atoms in total. The fourth-order valence-corrected chi connectivity index (χ4v) is 4.65. The van der Waals surface area contributed by atoms with Gasteiger partial charge < -0.3 is 4.98 Å². The molecule has 0 atom stereocenters. The van der Waals surface area contributed by atoms with Crippen molar-refractivity contribution in [3.8, 4) is 11.1 Å². The summed E-state index contributed by atoms with van der Waals surface area (Å²) in [5.41, 5.74) is 1.36. The van der Waals surface area contributed by atoms with Crippen LogP contribution in [-0.4, -0.2) is 30.2 Å². The molecule has 0 radical (unpaired) electrons. The second kappa shape index (κ2) is 6.54. The fraction of sp³-hybridized carbons (Fsp3) is 0.235. The van der Waals surface area contributed by atoms with Gasteiger partial charge in [0.2, 0.25) is 5.16 Å². The molecule has 1 N–H and O–H groups in total. The summed E-state index contributed by atoms with van der Waals surface area (Å²) in [6.45, 7) is 0. The molecule has 27 heavy (non-hydrogen) atoms. The molecule has 5 rings (SSSR count). The largest absolute Gasteiger partial charge is 0.309 e. The minimum absolute atomic E-state index is 0.196. The van der Waals surface area contributed by atoms with Gasteiger partial charge in [0.1, 0.15) is 16.5 Å². The molecule has 0 spiro atoms. The number of H-pyrrole nitrogens is 1. The van der Waals surface area contributed by atoms with E-state index in [1.54, 1.807) is 12.1 Å². The number of thiophene rings is 1. The standard InChI is InChI=1S/C17H13FN6OS2/c18-10-3-1-9(2-4-10)12-7-26-16-14(12)15(25)19-13(20-16)8-27-17-21-22-23-24(17)11-5-6-11/h1-4,7,11H,5-6,8H2,(H,19,20,25). The third kappa shape index (κ3) is 3.15. The van der Waals surface area contributed by atoms with Crippen molar-refractivity contribution in [2.45, 2.75) is 29.8 Å². The highest BCUT2D eigenvalue weighted by Gasteiger charge is 2.28. The summed E-state index contributed by atoms with van der Waals surface area (Å²) in [6.07, 6.45) is 2.20. The van der Waals surface area contributed by atoms with Crippen LogP contribution in [0.25, 0.3) is 21.3 Å². The van der Waals surface area contributed by atoms with Gasteiger partial charge >= 0.3 is 0 Å². The number of hydrogen-bond donors (Lipinski definition) is 1. The molecule has 1 saturated carbocycles. The van der Waals surface area contributed by atoms with Gasteiger partial charge in [0.25, 0.3) is 5.56 Å². The molecular formula is C17H13FN6OS2. The van der Waals surface area contributed by atoms with Crippen LogP contribution in [0.15, 0.2) is 39.6 Å². The van der Waals surface area contributed by atoms with Crippen molar-refractivity contribution in [3.63, 3.8) is 0 Å². The van der Waals surface area contributed by atoms with Crippen LogP contribution in [0.2, 0.25) is 0 Å². The first-order chi connectivity index (χ1) is 13.2. The second-order valence-electron chi connectivity index (χ2n) is 6.27. The molecule has 1 aliphatic rings. The lowest BCUT2D eigenvalue weighted by molar-refractivity contribution is 0.565. The van der Waals surface area contributed by atoms with Crippen LogP contribution in [0.5, 0.6) is 0 Å². The average molecular weight is 400 g/mol. The Morgan fingerprint density at radius 3 is 2.89 bits per heavy atom. The Labute approximate surface area is 160 Å². The number of nitrogens with one attached hydrogen (secondary N) is 1. The number of halogens is 1. The van der Waals surface area contributed by atoms with Crippen molar-refractivity contribution in [2.75, 3.05) is 0 Å². The minimum Gasteiger partial charge on any atom is -0.309 e. The summed E-state index contributed by atoms with van der Waals surface area (Å²) in [7, 11) is 0. The first-order valence-corrected chi connectivity index (χ1v) is 10.2. The number of nitrogens with zero attached hydrogens (tertiary/aromatic N) is 5. The fourth-order valence-electron chi connectivity index (χ4n) is 2.87. The van der Waals surface area contributed by atoms with E-state index in [0.29, 0.717) is 27.8 Å². The Kier molecular flexibility index (Phi) is 4.01. The van der Waals surface area contributed by atoms with Gasteiger partial charge in [-0.3, -0.25) is 4.79 Å². The maximum absolute atomic E-state index is 13.2. The summed E-state index contributed by atoms with van der Waals surface area (Å²) >= 11 is 2.86. The Morgan fingerprint density at radius 1 is 1.30 bits per heavy atom. The molecular weight excluding hydrogens is 387 g/mol. The van der Waals surface area contributed by atoms with Crippen molar-refractivity contribution in [1.82, 2.24) is 30.2 Å². The SMILES string of the molecule is O=c1[nH]c(CSc2nnnn2C2CC2)nc2scc(-c3ccc(F)cc3)c12. The normalized spacial score (nSPS) is 14.1. The molecule has 0 bridgehead atoms. The molecule has 1 aromatic carbocycles. The first kappa shape index (κ1) is 16.6. The third-order valence-corrected chi connectivity index (χ3v) is 6.16. The highest BCUT2D eigenvalue weighted by Crippen LogP contribution is 2.37. The summed E-state index contributed by atoms with van der Waals surface area (Å²) < 4.78 is 15.0. The van der Waals surface area contributed by atoms with Crippen molar-refractivity contribution in [3.05, 3.63) is 51.6 Å². The summed E-state index contributed by atoms with van der Waals surface area (Å²) in [6, 6.07) is 6.49. The molecule has 0 amide bonds. The van der Waals surface area contributed by atoms with Crippen molar-refractivity contribution in [1.29, 1.82) is 0 Å². The number of thioether (sulfide) groups is 1. The van der Waals surface area contributed by atoms with E-state index in [4.69, 9.17) is 0 Å². The second-order valence-corrected chi connectivity index (χ2v) is 8.08. The Morgan fingerprint density at radius 2 is 2.11 bits per heavy atom. The first-order valence-electron chi connectivity index (χ1n) is 8.36. The number of aromatic nitrogens is 6. The minimum atomic E-state index is -0.307. The topological polar surface area (TPSA) is 89.4 Å². The zero-order valence-electron chi connectivity index (χ0n) is 13.9. The van der Waals surface area contributed by atoms with E-state index >= 15 is 0 Å². The van der Waals surface area contributed by atoms with E-state index in [1.165, 1.54) is 35.2 Å². The van der Waals surface area contributed by atoms with Gasteiger partial charge in [0.15, 0.2) is 0 Å².